The number of nitrogens with one attached hydrogen (secondary N) is 3. The van der Waals surface area contributed by atoms with E-state index in [0.29, 0.717) is 16.8 Å². The molecule has 0 atom stereocenters. The Morgan fingerprint density at radius 2 is 1.57 bits per heavy atom. The van der Waals surface area contributed by atoms with Crippen molar-refractivity contribution < 1.29 is 33.4 Å². The topological polar surface area (TPSA) is 140 Å². The van der Waals surface area contributed by atoms with Crippen molar-refractivity contribution in [2.24, 2.45) is 5.92 Å². The van der Waals surface area contributed by atoms with Crippen LogP contribution in [0.1, 0.15) is 47.4 Å². The summed E-state index contributed by atoms with van der Waals surface area (Å²) in [5, 5.41) is 2.59. The molecule has 0 bridgehead atoms. The van der Waals surface area contributed by atoms with Gasteiger partial charge in [-0.1, -0.05) is 35.8 Å². The van der Waals surface area contributed by atoms with Gasteiger partial charge in [-0.05, 0) is 48.4 Å². The number of amides is 3. The Balaban J connectivity index is 1.68. The lowest BCUT2D eigenvalue weighted by molar-refractivity contribution is -0.149. The summed E-state index contributed by atoms with van der Waals surface area (Å²) >= 11 is 3.25. The van der Waals surface area contributed by atoms with E-state index in [1.807, 2.05) is 13.8 Å². The molecule has 3 amide bonds. The van der Waals surface area contributed by atoms with Crippen LogP contribution in [0.2, 0.25) is 0 Å². The molecule has 10 nitrogen and oxygen atoms in total. The van der Waals surface area contributed by atoms with Gasteiger partial charge in [0, 0.05) is 22.1 Å². The van der Waals surface area contributed by atoms with Crippen molar-refractivity contribution in [2.45, 2.75) is 26.7 Å². The third-order valence-electron chi connectivity index (χ3n) is 4.27. The standard InChI is InChI=1S/C24H26BrN3O7/c1-15(2)13-35-24(33)17-4-3-5-19(12-17)26-20(29)10-11-22(31)34-14-21(30)27-28-23(32)16-6-8-18(25)9-7-16/h3-9,12,15H,10-11,13-14H2,1-2H3,(H,26,29)(H,27,30)(H,28,32). The molecule has 0 unspecified atom stereocenters. The van der Waals surface area contributed by atoms with E-state index in [1.165, 1.54) is 6.07 Å². The second-order valence-electron chi connectivity index (χ2n) is 7.79. The van der Waals surface area contributed by atoms with Crippen molar-refractivity contribution in [1.82, 2.24) is 10.9 Å². The molecule has 0 aliphatic heterocycles. The molecule has 3 N–H and O–H groups in total. The minimum absolute atomic E-state index is 0.192. The largest absolute Gasteiger partial charge is 0.462 e. The number of benzene rings is 2. The highest BCUT2D eigenvalue weighted by atomic mass is 79.9. The van der Waals surface area contributed by atoms with Crippen molar-refractivity contribution in [1.29, 1.82) is 0 Å². The molecule has 2 aromatic carbocycles. The highest BCUT2D eigenvalue weighted by Gasteiger charge is 2.13. The van der Waals surface area contributed by atoms with Crippen LogP contribution in [0.5, 0.6) is 0 Å². The van der Waals surface area contributed by atoms with E-state index in [9.17, 15) is 24.0 Å². The van der Waals surface area contributed by atoms with Gasteiger partial charge in [0.15, 0.2) is 6.61 Å². The molecule has 2 aromatic rings. The first kappa shape index (κ1) is 27.5. The average Bonchev–Trinajstić information content (AvgIpc) is 2.83. The zero-order chi connectivity index (χ0) is 25.8. The van der Waals surface area contributed by atoms with Crippen molar-refractivity contribution in [3.05, 3.63) is 64.1 Å². The summed E-state index contributed by atoms with van der Waals surface area (Å²) in [4.78, 5) is 59.7. The van der Waals surface area contributed by atoms with Crippen molar-refractivity contribution in [2.75, 3.05) is 18.5 Å². The number of rotatable bonds is 10. The van der Waals surface area contributed by atoms with Gasteiger partial charge in [0.2, 0.25) is 5.91 Å². The second kappa shape index (κ2) is 13.9. The molecule has 0 aliphatic carbocycles. The molecule has 0 radical (unpaired) electrons. The van der Waals surface area contributed by atoms with E-state index in [1.54, 1.807) is 42.5 Å². The maximum Gasteiger partial charge on any atom is 0.338 e. The molecule has 35 heavy (non-hydrogen) atoms. The molecule has 0 fully saturated rings. The Kier molecular flexibility index (Phi) is 10.9. The van der Waals surface area contributed by atoms with Crippen LogP contribution < -0.4 is 16.2 Å². The molecule has 0 saturated carbocycles. The van der Waals surface area contributed by atoms with E-state index < -0.39 is 36.3 Å². The van der Waals surface area contributed by atoms with Gasteiger partial charge in [0.1, 0.15) is 0 Å². The SMILES string of the molecule is CC(C)COC(=O)c1cccc(NC(=O)CCC(=O)OCC(=O)NNC(=O)c2ccc(Br)cc2)c1. The summed E-state index contributed by atoms with van der Waals surface area (Å²) in [7, 11) is 0. The number of hydrogen-bond acceptors (Lipinski definition) is 7. The van der Waals surface area contributed by atoms with Crippen LogP contribution in [0.25, 0.3) is 0 Å². The third-order valence-corrected chi connectivity index (χ3v) is 4.80. The Hall–Kier alpha value is -3.73. The fraction of sp³-hybridized carbons (Fsp3) is 0.292. The minimum atomic E-state index is -0.763. The number of esters is 2. The lowest BCUT2D eigenvalue weighted by Crippen LogP contribution is -2.43. The van der Waals surface area contributed by atoms with Crippen molar-refractivity contribution in [3.63, 3.8) is 0 Å². The summed E-state index contributed by atoms with van der Waals surface area (Å²) in [6.45, 7) is 3.50. The first-order valence-electron chi connectivity index (χ1n) is 10.7. The lowest BCUT2D eigenvalue weighted by atomic mass is 10.2. The minimum Gasteiger partial charge on any atom is -0.462 e. The fourth-order valence-corrected chi connectivity index (χ4v) is 2.81. The van der Waals surface area contributed by atoms with Crippen LogP contribution in [0.4, 0.5) is 5.69 Å². The van der Waals surface area contributed by atoms with Crippen LogP contribution in [0.3, 0.4) is 0 Å². The van der Waals surface area contributed by atoms with Gasteiger partial charge >= 0.3 is 11.9 Å². The number of carbonyl (C=O) groups is 5. The molecule has 11 heteroatoms. The highest BCUT2D eigenvalue weighted by Crippen LogP contribution is 2.13. The zero-order valence-corrected chi connectivity index (χ0v) is 20.8. The van der Waals surface area contributed by atoms with Gasteiger partial charge in [-0.15, -0.1) is 0 Å². The van der Waals surface area contributed by atoms with Crippen LogP contribution >= 0.6 is 15.9 Å². The molecule has 2 rings (SSSR count). The zero-order valence-electron chi connectivity index (χ0n) is 19.3. The lowest BCUT2D eigenvalue weighted by Gasteiger charge is -2.10. The van der Waals surface area contributed by atoms with E-state index in [-0.39, 0.29) is 25.4 Å². The average molecular weight is 548 g/mol. The molecular formula is C24H26BrN3O7. The van der Waals surface area contributed by atoms with Crippen LogP contribution in [0.15, 0.2) is 53.0 Å². The maximum absolute atomic E-state index is 12.1. The quantitative estimate of drug-likeness (QED) is 0.306. The fourth-order valence-electron chi connectivity index (χ4n) is 2.54. The summed E-state index contributed by atoms with van der Waals surface area (Å²) in [6, 6.07) is 12.7. The smallest absolute Gasteiger partial charge is 0.338 e. The highest BCUT2D eigenvalue weighted by molar-refractivity contribution is 9.10. The predicted octanol–water partition coefficient (Wildman–Crippen LogP) is 2.99. The molecule has 186 valence electrons. The van der Waals surface area contributed by atoms with E-state index in [4.69, 9.17) is 9.47 Å². The van der Waals surface area contributed by atoms with E-state index in [0.717, 1.165) is 4.47 Å². The number of ether oxygens (including phenoxy) is 2. The number of hydrazine groups is 1. The van der Waals surface area contributed by atoms with E-state index >= 15 is 0 Å². The van der Waals surface area contributed by atoms with E-state index in [2.05, 4.69) is 32.1 Å². The molecule has 0 aromatic heterocycles. The van der Waals surface area contributed by atoms with Gasteiger partial charge in [-0.2, -0.15) is 0 Å². The summed E-state index contributed by atoms with van der Waals surface area (Å²) < 4.78 is 10.8. The molecule has 0 saturated heterocycles. The second-order valence-corrected chi connectivity index (χ2v) is 8.71. The number of anilines is 1. The Bertz CT molecular complexity index is 1070. The normalized spacial score (nSPS) is 10.3. The van der Waals surface area contributed by atoms with Gasteiger partial charge in [-0.25, -0.2) is 4.79 Å². The molecule has 0 spiro atoms. The predicted molar refractivity (Wildman–Crippen MR) is 130 cm³/mol. The molecule has 0 heterocycles. The van der Waals surface area contributed by atoms with Gasteiger partial charge in [0.05, 0.1) is 18.6 Å². The van der Waals surface area contributed by atoms with Gasteiger partial charge in [0.25, 0.3) is 11.8 Å². The van der Waals surface area contributed by atoms with Crippen LogP contribution in [-0.4, -0.2) is 42.9 Å². The Morgan fingerprint density at radius 3 is 2.26 bits per heavy atom. The summed E-state index contributed by atoms with van der Waals surface area (Å²) in [5.74, 6) is -2.81. The number of carbonyl (C=O) groups excluding carboxylic acids is 5. The van der Waals surface area contributed by atoms with Crippen molar-refractivity contribution >= 4 is 51.3 Å². The monoisotopic (exact) mass is 547 g/mol. The first-order valence-corrected chi connectivity index (χ1v) is 11.5. The summed E-state index contributed by atoms with van der Waals surface area (Å²) in [6.07, 6.45) is -0.455. The Morgan fingerprint density at radius 1 is 0.857 bits per heavy atom. The van der Waals surface area contributed by atoms with Crippen molar-refractivity contribution in [3.8, 4) is 0 Å². The van der Waals surface area contributed by atoms with Crippen LogP contribution in [0, 0.1) is 5.92 Å². The van der Waals surface area contributed by atoms with Crippen LogP contribution in [-0.2, 0) is 23.9 Å². The first-order chi connectivity index (χ1) is 16.6. The Labute approximate surface area is 210 Å². The number of hydrogen-bond donors (Lipinski definition) is 3. The molecular weight excluding hydrogens is 522 g/mol. The molecule has 0 aliphatic rings. The summed E-state index contributed by atoms with van der Waals surface area (Å²) in [5.41, 5.74) is 5.34. The van der Waals surface area contributed by atoms with Gasteiger partial charge in [-0.3, -0.25) is 30.0 Å². The van der Waals surface area contributed by atoms with Gasteiger partial charge < -0.3 is 14.8 Å². The number of halogens is 1. The maximum atomic E-state index is 12.1. The third kappa shape index (κ3) is 10.4.